The molecular weight excluding hydrogens is 278 g/mol. The number of carbonyl (C=O) groups excluding carboxylic acids is 1. The minimum atomic E-state index is -0.501. The van der Waals surface area contributed by atoms with Crippen molar-refractivity contribution in [2.24, 2.45) is 0 Å². The average Bonchev–Trinajstić information content (AvgIpc) is 2.85. The van der Waals surface area contributed by atoms with Crippen LogP contribution in [0.4, 0.5) is 5.69 Å². The number of rotatable bonds is 5. The van der Waals surface area contributed by atoms with Gasteiger partial charge in [0.15, 0.2) is 0 Å². The summed E-state index contributed by atoms with van der Waals surface area (Å²) in [5.74, 6) is 0.717. The molecule has 0 radical (unpaired) electrons. The number of carbonyl (C=O) groups is 1. The summed E-state index contributed by atoms with van der Waals surface area (Å²) < 4.78 is 15.4. The molecule has 21 heavy (non-hydrogen) atoms. The summed E-state index contributed by atoms with van der Waals surface area (Å²) in [7, 11) is 1.29. The van der Waals surface area contributed by atoms with Gasteiger partial charge in [-0.15, -0.1) is 0 Å². The Morgan fingerprint density at radius 1 is 1.38 bits per heavy atom. The van der Waals surface area contributed by atoms with Gasteiger partial charge in [-0.1, -0.05) is 6.07 Å². The van der Waals surface area contributed by atoms with Gasteiger partial charge in [0.25, 0.3) is 5.69 Å². The smallest absolute Gasteiger partial charge is 0.341 e. The number of esters is 1. The molecule has 1 aromatic carbocycles. The van der Waals surface area contributed by atoms with Crippen LogP contribution in [0.25, 0.3) is 0 Å². The van der Waals surface area contributed by atoms with Crippen LogP contribution in [0, 0.1) is 17.0 Å². The molecule has 0 spiro atoms. The van der Waals surface area contributed by atoms with E-state index in [4.69, 9.17) is 9.15 Å². The van der Waals surface area contributed by atoms with E-state index in [1.165, 1.54) is 31.4 Å². The molecule has 0 unspecified atom stereocenters. The van der Waals surface area contributed by atoms with Crippen molar-refractivity contribution in [3.05, 3.63) is 57.5 Å². The zero-order valence-electron chi connectivity index (χ0n) is 11.5. The molecule has 0 aliphatic carbocycles. The fraction of sp³-hybridized carbons (Fsp3) is 0.214. The van der Waals surface area contributed by atoms with Crippen LogP contribution in [0.1, 0.15) is 21.9 Å². The van der Waals surface area contributed by atoms with Gasteiger partial charge in [0, 0.05) is 6.07 Å². The van der Waals surface area contributed by atoms with Crippen LogP contribution in [0.2, 0.25) is 0 Å². The van der Waals surface area contributed by atoms with E-state index in [1.807, 2.05) is 0 Å². The van der Waals surface area contributed by atoms with Crippen molar-refractivity contribution < 1.29 is 23.6 Å². The Balaban J connectivity index is 2.08. The molecule has 0 amide bonds. The molecule has 1 heterocycles. The van der Waals surface area contributed by atoms with E-state index in [-0.39, 0.29) is 12.3 Å². The number of ether oxygens (including phenoxy) is 2. The molecule has 2 rings (SSSR count). The van der Waals surface area contributed by atoms with Crippen LogP contribution in [0.3, 0.4) is 0 Å². The van der Waals surface area contributed by atoms with Crippen molar-refractivity contribution in [1.29, 1.82) is 0 Å². The third kappa shape index (κ3) is 3.38. The minimum absolute atomic E-state index is 0.0546. The van der Waals surface area contributed by atoms with Crippen LogP contribution in [0.15, 0.2) is 34.7 Å². The number of aryl methyl sites for hydroxylation is 1. The summed E-state index contributed by atoms with van der Waals surface area (Å²) in [4.78, 5) is 21.6. The van der Waals surface area contributed by atoms with Crippen molar-refractivity contribution in [3.8, 4) is 5.75 Å². The van der Waals surface area contributed by atoms with Crippen LogP contribution in [-0.2, 0) is 11.3 Å². The highest BCUT2D eigenvalue weighted by atomic mass is 16.6. The standard InChI is InChI=1S/C14H13NO6/c1-9-13(14(16)19-2)7-12(21-9)8-20-11-5-3-4-10(6-11)15(17)18/h3-7H,8H2,1-2H3. The first-order chi connectivity index (χ1) is 10.0. The number of furan rings is 1. The van der Waals surface area contributed by atoms with E-state index in [1.54, 1.807) is 13.0 Å². The summed E-state index contributed by atoms with van der Waals surface area (Å²) in [6, 6.07) is 7.35. The second kappa shape index (κ2) is 6.08. The Hall–Kier alpha value is -2.83. The molecule has 0 fully saturated rings. The van der Waals surface area contributed by atoms with E-state index in [9.17, 15) is 14.9 Å². The summed E-state index contributed by atoms with van der Waals surface area (Å²) >= 11 is 0. The second-order valence-corrected chi connectivity index (χ2v) is 4.22. The highest BCUT2D eigenvalue weighted by Gasteiger charge is 2.15. The van der Waals surface area contributed by atoms with Crippen LogP contribution in [0.5, 0.6) is 5.75 Å². The number of nitro benzene ring substituents is 1. The maximum Gasteiger partial charge on any atom is 0.341 e. The van der Waals surface area contributed by atoms with E-state index >= 15 is 0 Å². The Kier molecular flexibility index (Phi) is 4.22. The number of non-ortho nitro benzene ring substituents is 1. The fourth-order valence-corrected chi connectivity index (χ4v) is 1.77. The number of hydrogen-bond donors (Lipinski definition) is 0. The first kappa shape index (κ1) is 14.6. The predicted molar refractivity (Wildman–Crippen MR) is 72.2 cm³/mol. The molecule has 0 saturated carbocycles. The molecule has 7 nitrogen and oxygen atoms in total. The Bertz CT molecular complexity index is 676. The van der Waals surface area contributed by atoms with Crippen molar-refractivity contribution >= 4 is 11.7 Å². The Labute approximate surface area is 120 Å². The van der Waals surface area contributed by atoms with Crippen molar-refractivity contribution in [2.75, 3.05) is 7.11 Å². The van der Waals surface area contributed by atoms with Gasteiger partial charge >= 0.3 is 5.97 Å². The fourth-order valence-electron chi connectivity index (χ4n) is 1.77. The molecule has 7 heteroatoms. The van der Waals surface area contributed by atoms with Gasteiger partial charge in [0.2, 0.25) is 0 Å². The average molecular weight is 291 g/mol. The van der Waals surface area contributed by atoms with Gasteiger partial charge in [-0.05, 0) is 19.1 Å². The maximum absolute atomic E-state index is 11.4. The zero-order valence-corrected chi connectivity index (χ0v) is 11.5. The van der Waals surface area contributed by atoms with E-state index in [2.05, 4.69) is 4.74 Å². The molecule has 0 bridgehead atoms. The highest BCUT2D eigenvalue weighted by Crippen LogP contribution is 2.21. The lowest BCUT2D eigenvalue weighted by Gasteiger charge is -2.03. The molecule has 0 N–H and O–H groups in total. The van der Waals surface area contributed by atoms with Gasteiger partial charge in [-0.3, -0.25) is 10.1 Å². The highest BCUT2D eigenvalue weighted by molar-refractivity contribution is 5.90. The third-order valence-electron chi connectivity index (χ3n) is 2.78. The number of benzene rings is 1. The predicted octanol–water partition coefficient (Wildman–Crippen LogP) is 2.86. The first-order valence-corrected chi connectivity index (χ1v) is 6.06. The molecule has 1 aromatic heterocycles. The zero-order chi connectivity index (χ0) is 15.4. The van der Waals surface area contributed by atoms with Crippen molar-refractivity contribution in [3.63, 3.8) is 0 Å². The minimum Gasteiger partial charge on any atom is -0.485 e. The summed E-state index contributed by atoms with van der Waals surface area (Å²) in [5.41, 5.74) is 0.272. The van der Waals surface area contributed by atoms with Crippen LogP contribution < -0.4 is 4.74 Å². The number of nitrogens with zero attached hydrogens (tertiary/aromatic N) is 1. The molecule has 0 atom stereocenters. The van der Waals surface area contributed by atoms with Crippen LogP contribution in [-0.4, -0.2) is 18.0 Å². The molecular formula is C14H13NO6. The van der Waals surface area contributed by atoms with Gasteiger partial charge in [-0.2, -0.15) is 0 Å². The summed E-state index contributed by atoms with van der Waals surface area (Å²) in [5, 5.41) is 10.7. The number of nitro groups is 1. The monoisotopic (exact) mass is 291 g/mol. The van der Waals surface area contributed by atoms with Crippen molar-refractivity contribution in [2.45, 2.75) is 13.5 Å². The van der Waals surface area contributed by atoms with Crippen LogP contribution >= 0.6 is 0 Å². The lowest BCUT2D eigenvalue weighted by atomic mass is 10.2. The molecule has 0 aliphatic heterocycles. The number of hydrogen-bond acceptors (Lipinski definition) is 6. The number of methoxy groups -OCH3 is 1. The topological polar surface area (TPSA) is 91.8 Å². The van der Waals surface area contributed by atoms with E-state index in [0.717, 1.165) is 0 Å². The largest absolute Gasteiger partial charge is 0.485 e. The van der Waals surface area contributed by atoms with Gasteiger partial charge in [0.1, 0.15) is 29.4 Å². The molecule has 0 aliphatic rings. The lowest BCUT2D eigenvalue weighted by molar-refractivity contribution is -0.384. The quantitative estimate of drug-likeness (QED) is 0.478. The molecule has 110 valence electrons. The maximum atomic E-state index is 11.4. The SMILES string of the molecule is COC(=O)c1cc(COc2cccc([N+](=O)[O-])c2)oc1C. The third-order valence-corrected chi connectivity index (χ3v) is 2.78. The second-order valence-electron chi connectivity index (χ2n) is 4.22. The summed E-state index contributed by atoms with van der Waals surface area (Å²) in [6.45, 7) is 1.70. The van der Waals surface area contributed by atoms with Gasteiger partial charge in [0.05, 0.1) is 18.1 Å². The molecule has 0 saturated heterocycles. The van der Waals surface area contributed by atoms with Gasteiger partial charge < -0.3 is 13.9 Å². The first-order valence-electron chi connectivity index (χ1n) is 6.06. The lowest BCUT2D eigenvalue weighted by Crippen LogP contribution is -2.00. The summed E-state index contributed by atoms with van der Waals surface area (Å²) in [6.07, 6.45) is 0. The van der Waals surface area contributed by atoms with E-state index < -0.39 is 10.9 Å². The molecule has 2 aromatic rings. The van der Waals surface area contributed by atoms with Crippen molar-refractivity contribution in [1.82, 2.24) is 0 Å². The Morgan fingerprint density at radius 2 is 2.14 bits per heavy atom. The normalized spacial score (nSPS) is 10.2. The Morgan fingerprint density at radius 3 is 2.81 bits per heavy atom. The van der Waals surface area contributed by atoms with E-state index in [0.29, 0.717) is 22.8 Å². The van der Waals surface area contributed by atoms with Gasteiger partial charge in [-0.25, -0.2) is 4.79 Å².